The van der Waals surface area contributed by atoms with Crippen LogP contribution in [0.15, 0.2) is 48.1 Å². The van der Waals surface area contributed by atoms with Crippen molar-refractivity contribution in [2.75, 3.05) is 175 Å². The number of aromatic nitrogens is 3. The van der Waals surface area contributed by atoms with Crippen LogP contribution in [0.1, 0.15) is 113 Å². The number of benzene rings is 1. The summed E-state index contributed by atoms with van der Waals surface area (Å²) in [5.74, 6) is -0.600. The van der Waals surface area contributed by atoms with Crippen molar-refractivity contribution in [2.45, 2.75) is 137 Å². The quantitative estimate of drug-likeness (QED) is 0.0189. The lowest BCUT2D eigenvalue weighted by atomic mass is 9.89. The fourth-order valence-corrected chi connectivity index (χ4v) is 9.31. The molecule has 0 saturated carbocycles. The first-order valence-electron chi connectivity index (χ1n) is 32.4. The van der Waals surface area contributed by atoms with Gasteiger partial charge in [0.1, 0.15) is 12.3 Å². The Morgan fingerprint density at radius 1 is 0.634 bits per heavy atom. The van der Waals surface area contributed by atoms with Gasteiger partial charge in [0.25, 0.3) is 5.91 Å². The van der Waals surface area contributed by atoms with Crippen LogP contribution in [0.2, 0.25) is 0 Å². The molecule has 534 valence electrons. The number of hydrogen-bond donors (Lipinski definition) is 5. The van der Waals surface area contributed by atoms with Crippen molar-refractivity contribution >= 4 is 58.6 Å². The number of Topliss-reactive ketones (excluding diaryl/α,β-unsaturated/α-hetero) is 1. The first-order valence-corrected chi connectivity index (χ1v) is 34.4. The number of urea groups is 1. The minimum absolute atomic E-state index is 0.0214. The molecule has 0 saturated heterocycles. The van der Waals surface area contributed by atoms with Crippen molar-refractivity contribution in [3.63, 3.8) is 0 Å². The average molecular weight is 1360 g/mol. The zero-order valence-corrected chi connectivity index (χ0v) is 59.4. The number of nitrogens with one attached hydrogen (secondary N) is 4. The van der Waals surface area contributed by atoms with Gasteiger partial charge in [-0.2, -0.15) is 0 Å². The number of ketones is 1. The largest absolute Gasteiger partial charge is 0.475 e. The molecule has 0 aliphatic rings. The van der Waals surface area contributed by atoms with E-state index in [0.717, 1.165) is 24.3 Å². The van der Waals surface area contributed by atoms with Crippen molar-refractivity contribution < 1.29 is 80.9 Å². The van der Waals surface area contributed by atoms with Crippen LogP contribution in [-0.4, -0.2) is 230 Å². The Kier molecular flexibility index (Phi) is 46.8. The van der Waals surface area contributed by atoms with Crippen LogP contribution in [0.25, 0.3) is 0 Å². The Bertz CT molecular complexity index is 2300. The zero-order chi connectivity index (χ0) is 68.4. The first kappa shape index (κ1) is 84.4. The molecule has 2 atom stereocenters. The van der Waals surface area contributed by atoms with Crippen molar-refractivity contribution in [2.24, 2.45) is 28.1 Å². The Morgan fingerprint density at radius 3 is 1.52 bits per heavy atom. The van der Waals surface area contributed by atoms with Crippen molar-refractivity contribution in [3.05, 3.63) is 54.2 Å². The van der Waals surface area contributed by atoms with Gasteiger partial charge in [-0.1, -0.05) is 98.7 Å². The van der Waals surface area contributed by atoms with Crippen molar-refractivity contribution in [1.29, 1.82) is 0 Å². The Hall–Kier alpha value is -4.69. The molecule has 6 N–H and O–H groups in total. The van der Waals surface area contributed by atoms with Crippen molar-refractivity contribution in [1.82, 2.24) is 30.9 Å². The molecular formula is C65H115N9O17S2. The van der Waals surface area contributed by atoms with Crippen LogP contribution < -0.4 is 27.0 Å². The van der Waals surface area contributed by atoms with Crippen LogP contribution in [-0.2, 0) is 95.8 Å². The SMILES string of the molecule is C=C(NCc1cn(CCOCCOCCOCCOCCOCCOCCOCCOCCOCCOCCOCCC(C)(C)C)nn1)OCc1ccc(NC(=O)[C@H](CCCNC(N)=O)CC(=O)[C@@H](NC(=O)CON=C(CSC(C)(C)C)CSC(C)(C)C)C(C)C)cc1. The molecule has 4 amide bonds. The standard InChI is InChI=1S/C65H115N9O17S2/c1-51(2)60(70-59(76)48-91-72-57(49-92-64(7,8)9)50-93-65(10,11)12)58(75)44-54(14-13-20-67-62(66)78)61(77)69-55-17-15-53(16-18-55)47-90-52(3)68-45-56-46-74(73-71-56)21-23-80-25-27-82-29-31-84-33-35-86-37-39-88-41-43-89-42-40-87-38-36-85-34-32-83-30-28-81-26-24-79-22-19-63(4,5)6/h15-18,46,51,54,60,68H,3,13-14,19-45,47-50H2,1-2,4-12H3,(H,69,77)(H,70,76)(H3,66,67,78)/t54-,60+/m1/s1. The highest BCUT2D eigenvalue weighted by Crippen LogP contribution is 2.27. The number of nitrogens with two attached hydrogens (primary N) is 1. The van der Waals surface area contributed by atoms with E-state index in [1.54, 1.807) is 40.3 Å². The molecule has 28 heteroatoms. The van der Waals surface area contributed by atoms with E-state index in [4.69, 9.17) is 67.4 Å². The second-order valence-corrected chi connectivity index (χ2v) is 28.7. The summed E-state index contributed by atoms with van der Waals surface area (Å²) in [6.07, 6.45) is 3.35. The van der Waals surface area contributed by atoms with Gasteiger partial charge in [0.2, 0.25) is 5.91 Å². The Labute approximate surface area is 562 Å². The van der Waals surface area contributed by atoms with Gasteiger partial charge in [-0.15, -0.1) is 28.6 Å². The maximum atomic E-state index is 13.8. The number of amides is 4. The highest BCUT2D eigenvalue weighted by Gasteiger charge is 2.30. The summed E-state index contributed by atoms with van der Waals surface area (Å²) in [5.41, 5.74) is 8.39. The highest BCUT2D eigenvalue weighted by molar-refractivity contribution is 8.02. The first-order chi connectivity index (χ1) is 44.4. The van der Waals surface area contributed by atoms with Gasteiger partial charge in [0, 0.05) is 52.2 Å². The minimum atomic E-state index is -0.877. The fraction of sp³-hybridized carbons (Fsp3) is 0.769. The number of thioether (sulfide) groups is 2. The van der Waals surface area contributed by atoms with Gasteiger partial charge >= 0.3 is 6.03 Å². The molecular weight excluding hydrogens is 1240 g/mol. The number of ether oxygens (including phenoxy) is 12. The monoisotopic (exact) mass is 1360 g/mol. The smallest absolute Gasteiger partial charge is 0.312 e. The van der Waals surface area contributed by atoms with E-state index in [1.165, 1.54) is 0 Å². The molecule has 0 radical (unpaired) electrons. The van der Waals surface area contributed by atoms with Crippen LogP contribution in [0, 0.1) is 17.3 Å². The number of carbonyl (C=O) groups is 4. The molecule has 2 aromatic rings. The maximum absolute atomic E-state index is 13.8. The van der Waals surface area contributed by atoms with E-state index in [9.17, 15) is 19.2 Å². The molecule has 26 nitrogen and oxygen atoms in total. The summed E-state index contributed by atoms with van der Waals surface area (Å²) < 4.78 is 68.7. The van der Waals surface area contributed by atoms with Crippen molar-refractivity contribution in [3.8, 4) is 0 Å². The van der Waals surface area contributed by atoms with Crippen LogP contribution in [0.3, 0.4) is 0 Å². The van der Waals surface area contributed by atoms with Crippen LogP contribution in [0.4, 0.5) is 10.5 Å². The summed E-state index contributed by atoms with van der Waals surface area (Å²) in [6, 6.07) is 5.53. The van der Waals surface area contributed by atoms with E-state index in [1.807, 2.05) is 32.2 Å². The zero-order valence-electron chi connectivity index (χ0n) is 57.8. The van der Waals surface area contributed by atoms with Gasteiger partial charge in [-0.05, 0) is 54.9 Å². The summed E-state index contributed by atoms with van der Waals surface area (Å²) in [7, 11) is 0. The number of primary amides is 1. The maximum Gasteiger partial charge on any atom is 0.312 e. The van der Waals surface area contributed by atoms with Gasteiger partial charge in [-0.3, -0.25) is 14.4 Å². The highest BCUT2D eigenvalue weighted by atomic mass is 32.2. The van der Waals surface area contributed by atoms with E-state index < -0.39 is 23.9 Å². The molecule has 0 fully saturated rings. The molecule has 93 heavy (non-hydrogen) atoms. The van der Waals surface area contributed by atoms with Crippen LogP contribution >= 0.6 is 23.5 Å². The number of nitrogens with zero attached hydrogens (tertiary/aromatic N) is 4. The fourth-order valence-electron chi connectivity index (χ4n) is 7.67. The predicted molar refractivity (Wildman–Crippen MR) is 363 cm³/mol. The molecule has 1 aromatic heterocycles. The summed E-state index contributed by atoms with van der Waals surface area (Å²) in [5, 5.41) is 24.1. The third kappa shape index (κ3) is 50.4. The van der Waals surface area contributed by atoms with E-state index in [0.29, 0.717) is 187 Å². The van der Waals surface area contributed by atoms with Crippen LogP contribution in [0.5, 0.6) is 0 Å². The summed E-state index contributed by atoms with van der Waals surface area (Å²) >= 11 is 3.48. The number of hydrogen-bond acceptors (Lipinski definition) is 23. The normalized spacial score (nSPS) is 12.6. The molecule has 2 rings (SSSR count). The topological polar surface area (TPSA) is 305 Å². The second-order valence-electron chi connectivity index (χ2n) is 25.1. The Morgan fingerprint density at radius 2 is 1.09 bits per heavy atom. The number of carbonyl (C=O) groups excluding carboxylic acids is 4. The summed E-state index contributed by atoms with van der Waals surface area (Å²) in [6.45, 7) is 38.9. The third-order valence-electron chi connectivity index (χ3n) is 12.8. The lowest BCUT2D eigenvalue weighted by Gasteiger charge is -2.24. The molecule has 0 bridgehead atoms. The molecule has 0 spiro atoms. The molecule has 0 unspecified atom stereocenters. The third-order valence-corrected chi connectivity index (χ3v) is 15.5. The number of anilines is 1. The van der Waals surface area contributed by atoms with E-state index in [-0.39, 0.29) is 65.1 Å². The second kappa shape index (κ2) is 51.6. The Balaban J connectivity index is 1.53. The molecule has 0 aliphatic carbocycles. The number of rotatable bonds is 59. The van der Waals surface area contributed by atoms with Gasteiger partial charge in [-0.25, -0.2) is 9.48 Å². The van der Waals surface area contributed by atoms with Gasteiger partial charge in [0.15, 0.2) is 18.3 Å². The average Bonchev–Trinajstić information content (AvgIpc) is 1.86. The minimum Gasteiger partial charge on any atom is -0.475 e. The van der Waals surface area contributed by atoms with E-state index >= 15 is 0 Å². The lowest BCUT2D eigenvalue weighted by molar-refractivity contribution is -0.133. The molecule has 0 aliphatic heterocycles. The van der Waals surface area contributed by atoms with E-state index in [2.05, 4.69) is 106 Å². The van der Waals surface area contributed by atoms with Gasteiger partial charge in [0.05, 0.1) is 170 Å². The number of oxime groups is 1. The summed E-state index contributed by atoms with van der Waals surface area (Å²) in [4.78, 5) is 57.6. The predicted octanol–water partition coefficient (Wildman–Crippen LogP) is 7.21. The molecule has 1 aromatic carbocycles. The molecule has 1 heterocycles. The van der Waals surface area contributed by atoms with Gasteiger partial charge < -0.3 is 88.7 Å². The lowest BCUT2D eigenvalue weighted by Crippen LogP contribution is -2.46.